The van der Waals surface area contributed by atoms with E-state index in [0.29, 0.717) is 30.3 Å². The molecule has 0 radical (unpaired) electrons. The van der Waals surface area contributed by atoms with Gasteiger partial charge in [0.05, 0.1) is 17.6 Å². The van der Waals surface area contributed by atoms with Gasteiger partial charge in [-0.25, -0.2) is 0 Å². The van der Waals surface area contributed by atoms with Crippen molar-refractivity contribution in [2.24, 2.45) is 0 Å². The van der Waals surface area contributed by atoms with Gasteiger partial charge in [0.15, 0.2) is 5.43 Å². The van der Waals surface area contributed by atoms with Crippen LogP contribution in [0.3, 0.4) is 0 Å². The second-order valence-electron chi connectivity index (χ2n) is 7.32. The highest BCUT2D eigenvalue weighted by Crippen LogP contribution is 2.19. The number of hydrogen-bond donors (Lipinski definition) is 1. The lowest BCUT2D eigenvalue weighted by molar-refractivity contribution is -0.121. The van der Waals surface area contributed by atoms with Gasteiger partial charge in [0.1, 0.15) is 12.3 Å². The average Bonchev–Trinajstić information content (AvgIpc) is 2.76. The standard InChI is InChI=1S/C25H24N2O3/c1-18-8-6-9-19(16-18)30-15-7-14-26-24(28)17-27-22-12-4-2-10-20(22)25(29)21-11-3-5-13-23(21)27/h2-6,8-13,16H,7,14-15,17H2,1H3,(H,26,28). The van der Waals surface area contributed by atoms with Crippen LogP contribution >= 0.6 is 0 Å². The molecule has 152 valence electrons. The Kier molecular flexibility index (Phi) is 5.80. The van der Waals surface area contributed by atoms with E-state index in [0.717, 1.165) is 22.3 Å². The third-order valence-electron chi connectivity index (χ3n) is 5.08. The smallest absolute Gasteiger partial charge is 0.239 e. The molecule has 30 heavy (non-hydrogen) atoms. The minimum absolute atomic E-state index is 0.00819. The molecule has 0 aliphatic rings. The summed E-state index contributed by atoms with van der Waals surface area (Å²) in [6.07, 6.45) is 0.714. The zero-order valence-electron chi connectivity index (χ0n) is 16.9. The van der Waals surface area contributed by atoms with E-state index in [1.54, 1.807) is 12.1 Å². The van der Waals surface area contributed by atoms with Crippen LogP contribution in [0.15, 0.2) is 77.6 Å². The van der Waals surface area contributed by atoms with Gasteiger partial charge in [0.25, 0.3) is 0 Å². The summed E-state index contributed by atoms with van der Waals surface area (Å²) < 4.78 is 7.63. The summed E-state index contributed by atoms with van der Waals surface area (Å²) in [5, 5.41) is 4.20. The molecule has 0 aliphatic carbocycles. The van der Waals surface area contributed by atoms with Crippen LogP contribution in [-0.4, -0.2) is 23.6 Å². The van der Waals surface area contributed by atoms with Gasteiger partial charge in [-0.2, -0.15) is 0 Å². The summed E-state index contributed by atoms with van der Waals surface area (Å²) in [5.74, 6) is 0.747. The van der Waals surface area contributed by atoms with Crippen LogP contribution in [-0.2, 0) is 11.3 Å². The maximum absolute atomic E-state index is 12.8. The molecule has 4 rings (SSSR count). The molecule has 0 atom stereocenters. The van der Waals surface area contributed by atoms with Crippen molar-refractivity contribution < 1.29 is 9.53 Å². The number of carbonyl (C=O) groups excluding carboxylic acids is 1. The highest BCUT2D eigenvalue weighted by atomic mass is 16.5. The summed E-state index contributed by atoms with van der Waals surface area (Å²) in [7, 11) is 0. The van der Waals surface area contributed by atoms with Gasteiger partial charge < -0.3 is 14.6 Å². The van der Waals surface area contributed by atoms with Crippen LogP contribution in [0.4, 0.5) is 0 Å². The number of benzene rings is 3. The van der Waals surface area contributed by atoms with Gasteiger partial charge in [0.2, 0.25) is 5.91 Å². The lowest BCUT2D eigenvalue weighted by Gasteiger charge is -2.15. The van der Waals surface area contributed by atoms with Gasteiger partial charge in [-0.05, 0) is 55.3 Å². The second-order valence-corrected chi connectivity index (χ2v) is 7.32. The SMILES string of the molecule is Cc1cccc(OCCCNC(=O)Cn2c3ccccc3c(=O)c3ccccc32)c1. The molecule has 0 fully saturated rings. The summed E-state index contributed by atoms with van der Waals surface area (Å²) in [6.45, 7) is 3.24. The van der Waals surface area contributed by atoms with Gasteiger partial charge in [-0.1, -0.05) is 36.4 Å². The van der Waals surface area contributed by atoms with Crippen LogP contribution < -0.4 is 15.5 Å². The molecular weight excluding hydrogens is 376 g/mol. The number of ether oxygens (including phenoxy) is 1. The molecule has 0 bridgehead atoms. The topological polar surface area (TPSA) is 60.3 Å². The molecule has 4 aromatic rings. The van der Waals surface area contributed by atoms with Crippen molar-refractivity contribution >= 4 is 27.7 Å². The molecule has 5 nitrogen and oxygen atoms in total. The molecule has 0 spiro atoms. The lowest BCUT2D eigenvalue weighted by Crippen LogP contribution is -2.30. The van der Waals surface area contributed by atoms with Crippen LogP contribution in [0.2, 0.25) is 0 Å². The minimum atomic E-state index is -0.0930. The molecular formula is C25H24N2O3. The van der Waals surface area contributed by atoms with Gasteiger partial charge >= 0.3 is 0 Å². The largest absolute Gasteiger partial charge is 0.494 e. The number of amides is 1. The molecule has 0 unspecified atom stereocenters. The maximum atomic E-state index is 12.8. The van der Waals surface area contributed by atoms with E-state index in [1.165, 1.54) is 0 Å². The van der Waals surface area contributed by atoms with Crippen molar-refractivity contribution in [1.82, 2.24) is 9.88 Å². The normalized spacial score (nSPS) is 11.0. The molecule has 1 heterocycles. The van der Waals surface area contributed by atoms with Gasteiger partial charge in [-0.3, -0.25) is 9.59 Å². The van der Waals surface area contributed by atoms with E-state index >= 15 is 0 Å². The van der Waals surface area contributed by atoms with Crippen LogP contribution in [0, 0.1) is 6.92 Å². The van der Waals surface area contributed by atoms with Gasteiger partial charge in [0, 0.05) is 17.3 Å². The number of aryl methyl sites for hydroxylation is 1. The van der Waals surface area contributed by atoms with Crippen molar-refractivity contribution in [1.29, 1.82) is 0 Å². The fourth-order valence-electron chi connectivity index (χ4n) is 3.64. The van der Waals surface area contributed by atoms with Crippen molar-refractivity contribution in [3.05, 3.63) is 88.6 Å². The van der Waals surface area contributed by atoms with Crippen LogP contribution in [0.25, 0.3) is 21.8 Å². The average molecular weight is 400 g/mol. The number of pyridine rings is 1. The molecule has 1 N–H and O–H groups in total. The molecule has 0 saturated carbocycles. The first-order chi connectivity index (χ1) is 14.6. The van der Waals surface area contributed by atoms with Crippen molar-refractivity contribution in [2.75, 3.05) is 13.2 Å². The fourth-order valence-corrected chi connectivity index (χ4v) is 3.64. The number of hydrogen-bond acceptors (Lipinski definition) is 3. The highest BCUT2D eigenvalue weighted by molar-refractivity contribution is 5.94. The first kappa shape index (κ1) is 19.7. The lowest BCUT2D eigenvalue weighted by atomic mass is 10.1. The third kappa shape index (κ3) is 4.20. The Hall–Kier alpha value is -3.60. The number of nitrogens with one attached hydrogen (secondary N) is 1. The number of para-hydroxylation sites is 2. The zero-order valence-corrected chi connectivity index (χ0v) is 16.9. The fraction of sp³-hybridized carbons (Fsp3) is 0.200. The van der Waals surface area contributed by atoms with Crippen molar-refractivity contribution in [2.45, 2.75) is 19.9 Å². The molecule has 1 amide bonds. The first-order valence-corrected chi connectivity index (χ1v) is 10.1. The van der Waals surface area contributed by atoms with E-state index in [1.807, 2.05) is 72.2 Å². The maximum Gasteiger partial charge on any atom is 0.239 e. The number of aromatic nitrogens is 1. The Labute approximate surface area is 174 Å². The van der Waals surface area contributed by atoms with E-state index in [9.17, 15) is 9.59 Å². The van der Waals surface area contributed by atoms with E-state index in [4.69, 9.17) is 4.74 Å². The zero-order chi connectivity index (χ0) is 20.9. The summed E-state index contributed by atoms with van der Waals surface area (Å²) in [5.41, 5.74) is 2.67. The van der Waals surface area contributed by atoms with E-state index in [2.05, 4.69) is 5.32 Å². The number of rotatable bonds is 7. The quantitative estimate of drug-likeness (QED) is 0.376. The number of nitrogens with zero attached hydrogens (tertiary/aromatic N) is 1. The molecule has 1 aromatic heterocycles. The second kappa shape index (κ2) is 8.82. The predicted octanol–water partition coefficient (Wildman–Crippen LogP) is 4.05. The van der Waals surface area contributed by atoms with E-state index < -0.39 is 0 Å². The minimum Gasteiger partial charge on any atom is -0.494 e. The molecule has 3 aromatic carbocycles. The number of fused-ring (bicyclic) bond motifs is 2. The Morgan fingerprint density at radius 1 is 0.933 bits per heavy atom. The Morgan fingerprint density at radius 3 is 2.27 bits per heavy atom. The summed E-state index contributed by atoms with van der Waals surface area (Å²) in [4.78, 5) is 25.4. The monoisotopic (exact) mass is 400 g/mol. The number of carbonyl (C=O) groups is 1. The predicted molar refractivity (Wildman–Crippen MR) is 120 cm³/mol. The Balaban J connectivity index is 1.43. The first-order valence-electron chi connectivity index (χ1n) is 10.1. The van der Waals surface area contributed by atoms with Crippen molar-refractivity contribution in [3.63, 3.8) is 0 Å². The molecule has 0 aliphatic heterocycles. The van der Waals surface area contributed by atoms with Crippen molar-refractivity contribution in [3.8, 4) is 5.75 Å². The highest BCUT2D eigenvalue weighted by Gasteiger charge is 2.12. The third-order valence-corrected chi connectivity index (χ3v) is 5.08. The Bertz CT molecular complexity index is 1200. The van der Waals surface area contributed by atoms with Crippen LogP contribution in [0.5, 0.6) is 5.75 Å². The molecule has 5 heteroatoms. The summed E-state index contributed by atoms with van der Waals surface area (Å²) >= 11 is 0. The van der Waals surface area contributed by atoms with E-state index in [-0.39, 0.29) is 17.9 Å². The van der Waals surface area contributed by atoms with Gasteiger partial charge in [-0.15, -0.1) is 0 Å². The van der Waals surface area contributed by atoms with Crippen LogP contribution in [0.1, 0.15) is 12.0 Å². The molecule has 0 saturated heterocycles. The summed E-state index contributed by atoms with van der Waals surface area (Å²) in [6, 6.07) is 22.7. The Morgan fingerprint density at radius 2 is 1.60 bits per heavy atom.